The van der Waals surface area contributed by atoms with E-state index < -0.39 is 0 Å². The molecule has 0 radical (unpaired) electrons. The lowest BCUT2D eigenvalue weighted by Gasteiger charge is -2.33. The first-order valence-electron chi connectivity index (χ1n) is 6.89. The van der Waals surface area contributed by atoms with E-state index in [9.17, 15) is 0 Å². The molecule has 1 heterocycles. The molecule has 0 unspecified atom stereocenters. The molecule has 0 atom stereocenters. The summed E-state index contributed by atoms with van der Waals surface area (Å²) in [7, 11) is 4.09. The maximum atomic E-state index is 4.63. The first-order chi connectivity index (χ1) is 8.63. The Morgan fingerprint density at radius 1 is 1.11 bits per heavy atom. The van der Waals surface area contributed by atoms with Crippen LogP contribution < -0.4 is 10.2 Å². The number of nitrogens with one attached hydrogen (secondary N) is 1. The van der Waals surface area contributed by atoms with E-state index in [2.05, 4.69) is 34.2 Å². The van der Waals surface area contributed by atoms with Crippen molar-refractivity contribution in [1.29, 1.82) is 0 Å². The first-order valence-corrected chi connectivity index (χ1v) is 6.89. The predicted octanol–water partition coefficient (Wildman–Crippen LogP) is 2.90. The molecule has 1 saturated carbocycles. The van der Waals surface area contributed by atoms with Crippen LogP contribution >= 0.6 is 0 Å². The molecule has 4 heteroatoms. The van der Waals surface area contributed by atoms with Gasteiger partial charge in [0.2, 0.25) is 0 Å². The monoisotopic (exact) mass is 248 g/mol. The summed E-state index contributed by atoms with van der Waals surface area (Å²) in [6, 6.07) is 0.636. The number of aromatic nitrogens is 2. The van der Waals surface area contributed by atoms with Gasteiger partial charge in [0.1, 0.15) is 17.5 Å². The van der Waals surface area contributed by atoms with E-state index in [0.717, 1.165) is 23.0 Å². The van der Waals surface area contributed by atoms with Crippen LogP contribution in [0.5, 0.6) is 0 Å². The summed E-state index contributed by atoms with van der Waals surface area (Å²) < 4.78 is 0. The van der Waals surface area contributed by atoms with Crippen molar-refractivity contribution >= 4 is 11.6 Å². The molecule has 1 aromatic heterocycles. The Balaban J connectivity index is 2.28. The van der Waals surface area contributed by atoms with Crippen molar-refractivity contribution in [2.75, 3.05) is 24.3 Å². The summed E-state index contributed by atoms with van der Waals surface area (Å²) in [5, 5.41) is 3.16. The number of anilines is 2. The maximum absolute atomic E-state index is 4.63. The summed E-state index contributed by atoms with van der Waals surface area (Å²) in [5.74, 6) is 2.86. The summed E-state index contributed by atoms with van der Waals surface area (Å²) in [6.45, 7) is 4.05. The zero-order chi connectivity index (χ0) is 13.1. The van der Waals surface area contributed by atoms with Gasteiger partial charge < -0.3 is 10.2 Å². The highest BCUT2D eigenvalue weighted by molar-refractivity contribution is 5.58. The fourth-order valence-electron chi connectivity index (χ4n) is 2.84. The van der Waals surface area contributed by atoms with E-state index in [1.807, 2.05) is 14.0 Å². The molecule has 100 valence electrons. The van der Waals surface area contributed by atoms with Crippen LogP contribution in [0.1, 0.15) is 43.5 Å². The summed E-state index contributed by atoms with van der Waals surface area (Å²) >= 11 is 0. The summed E-state index contributed by atoms with van der Waals surface area (Å²) in [4.78, 5) is 11.4. The van der Waals surface area contributed by atoms with Crippen molar-refractivity contribution < 1.29 is 0 Å². The highest BCUT2D eigenvalue weighted by atomic mass is 15.2. The van der Waals surface area contributed by atoms with Crippen molar-refractivity contribution in [3.63, 3.8) is 0 Å². The molecule has 1 N–H and O–H groups in total. The van der Waals surface area contributed by atoms with E-state index in [0.29, 0.717) is 6.04 Å². The molecule has 0 spiro atoms. The molecule has 1 aromatic rings. The van der Waals surface area contributed by atoms with Crippen LogP contribution in [0.2, 0.25) is 0 Å². The maximum Gasteiger partial charge on any atom is 0.137 e. The van der Waals surface area contributed by atoms with Crippen LogP contribution in [0.3, 0.4) is 0 Å². The van der Waals surface area contributed by atoms with Gasteiger partial charge in [-0.3, -0.25) is 0 Å². The Hall–Kier alpha value is -1.32. The van der Waals surface area contributed by atoms with E-state index in [4.69, 9.17) is 0 Å². The molecular weight excluding hydrogens is 224 g/mol. The number of rotatable bonds is 3. The zero-order valence-corrected chi connectivity index (χ0v) is 12.0. The van der Waals surface area contributed by atoms with E-state index >= 15 is 0 Å². The number of nitrogens with zero attached hydrogens (tertiary/aromatic N) is 3. The number of aryl methyl sites for hydroxylation is 1. The molecule has 0 aliphatic heterocycles. The Bertz CT molecular complexity index is 411. The molecule has 1 fully saturated rings. The van der Waals surface area contributed by atoms with Gasteiger partial charge in [0.05, 0.1) is 0 Å². The smallest absolute Gasteiger partial charge is 0.137 e. The molecule has 0 saturated heterocycles. The van der Waals surface area contributed by atoms with Crippen LogP contribution in [-0.4, -0.2) is 30.1 Å². The molecule has 0 bridgehead atoms. The van der Waals surface area contributed by atoms with Crippen molar-refractivity contribution in [1.82, 2.24) is 9.97 Å². The highest BCUT2D eigenvalue weighted by Gasteiger charge is 2.21. The van der Waals surface area contributed by atoms with Gasteiger partial charge in [0.25, 0.3) is 0 Å². The lowest BCUT2D eigenvalue weighted by molar-refractivity contribution is 0.425. The molecular formula is C14H24N4. The van der Waals surface area contributed by atoms with E-state index in [1.165, 1.54) is 32.1 Å². The van der Waals surface area contributed by atoms with Crippen LogP contribution in [-0.2, 0) is 0 Å². The molecule has 1 aliphatic carbocycles. The van der Waals surface area contributed by atoms with Crippen LogP contribution in [0.4, 0.5) is 11.6 Å². The second-order valence-electron chi connectivity index (χ2n) is 5.22. The minimum atomic E-state index is 0.636. The normalized spacial score (nSPS) is 16.7. The Morgan fingerprint density at radius 2 is 1.78 bits per heavy atom. The highest BCUT2D eigenvalue weighted by Crippen LogP contribution is 2.29. The average molecular weight is 248 g/mol. The Kier molecular flexibility index (Phi) is 4.04. The largest absolute Gasteiger partial charge is 0.373 e. The van der Waals surface area contributed by atoms with Gasteiger partial charge in [-0.15, -0.1) is 0 Å². The quantitative estimate of drug-likeness (QED) is 0.893. The van der Waals surface area contributed by atoms with E-state index in [1.54, 1.807) is 0 Å². The average Bonchev–Trinajstić information content (AvgIpc) is 2.41. The molecule has 4 nitrogen and oxygen atoms in total. The summed E-state index contributed by atoms with van der Waals surface area (Å²) in [6.07, 6.45) is 6.64. The van der Waals surface area contributed by atoms with Crippen molar-refractivity contribution in [3.8, 4) is 0 Å². The third-order valence-corrected chi connectivity index (χ3v) is 3.93. The van der Waals surface area contributed by atoms with Gasteiger partial charge in [-0.2, -0.15) is 0 Å². The van der Waals surface area contributed by atoms with Crippen LogP contribution in [0.15, 0.2) is 0 Å². The predicted molar refractivity (Wildman–Crippen MR) is 76.3 cm³/mol. The third kappa shape index (κ3) is 2.57. The van der Waals surface area contributed by atoms with Gasteiger partial charge >= 0.3 is 0 Å². The van der Waals surface area contributed by atoms with E-state index in [-0.39, 0.29) is 0 Å². The Labute approximate surface area is 110 Å². The van der Waals surface area contributed by atoms with Gasteiger partial charge in [-0.25, -0.2) is 9.97 Å². The van der Waals surface area contributed by atoms with Gasteiger partial charge in [0, 0.05) is 25.7 Å². The Morgan fingerprint density at radius 3 is 2.39 bits per heavy atom. The number of hydrogen-bond donors (Lipinski definition) is 1. The SMILES string of the molecule is CNc1nc(C)nc(N(C)C2CCCCC2)c1C. The minimum absolute atomic E-state index is 0.636. The summed E-state index contributed by atoms with van der Waals surface area (Å²) in [5.41, 5.74) is 1.15. The molecule has 0 aromatic carbocycles. The molecule has 1 aliphatic rings. The van der Waals surface area contributed by atoms with Gasteiger partial charge in [-0.1, -0.05) is 19.3 Å². The molecule has 0 amide bonds. The van der Waals surface area contributed by atoms with Crippen molar-refractivity contribution in [2.45, 2.75) is 52.0 Å². The van der Waals surface area contributed by atoms with Crippen LogP contribution in [0, 0.1) is 13.8 Å². The van der Waals surface area contributed by atoms with Crippen molar-refractivity contribution in [3.05, 3.63) is 11.4 Å². The second-order valence-corrected chi connectivity index (χ2v) is 5.22. The van der Waals surface area contributed by atoms with Gasteiger partial charge in [-0.05, 0) is 26.7 Å². The van der Waals surface area contributed by atoms with Crippen molar-refractivity contribution in [2.24, 2.45) is 0 Å². The topological polar surface area (TPSA) is 41.1 Å². The lowest BCUT2D eigenvalue weighted by Crippen LogP contribution is -2.34. The minimum Gasteiger partial charge on any atom is -0.373 e. The van der Waals surface area contributed by atoms with Gasteiger partial charge in [0.15, 0.2) is 0 Å². The lowest BCUT2D eigenvalue weighted by atomic mass is 9.94. The standard InChI is InChI=1S/C14H24N4/c1-10-13(15-3)16-11(2)17-14(10)18(4)12-8-6-5-7-9-12/h12H,5-9H2,1-4H3,(H,15,16,17). The third-order valence-electron chi connectivity index (χ3n) is 3.93. The number of hydrogen-bond acceptors (Lipinski definition) is 4. The van der Waals surface area contributed by atoms with Crippen LogP contribution in [0.25, 0.3) is 0 Å². The fraction of sp³-hybridized carbons (Fsp3) is 0.714. The zero-order valence-electron chi connectivity index (χ0n) is 12.0. The first kappa shape index (κ1) is 13.1. The molecule has 18 heavy (non-hydrogen) atoms. The fourth-order valence-corrected chi connectivity index (χ4v) is 2.84. The molecule has 2 rings (SSSR count). The second kappa shape index (κ2) is 5.55.